The van der Waals surface area contributed by atoms with Gasteiger partial charge >= 0.3 is 17.9 Å². The second-order valence-corrected chi connectivity index (χ2v) is 12.5. The van der Waals surface area contributed by atoms with Crippen LogP contribution in [0.4, 0.5) is 0 Å². The van der Waals surface area contributed by atoms with Gasteiger partial charge in [-0.3, -0.25) is 14.4 Å². The van der Waals surface area contributed by atoms with Crippen LogP contribution in [0.2, 0.25) is 0 Å². The molecule has 10 atom stereocenters. The summed E-state index contributed by atoms with van der Waals surface area (Å²) in [5.74, 6) is 1.59. The lowest BCUT2D eigenvalue weighted by Crippen LogP contribution is -2.59. The Morgan fingerprint density at radius 2 is 1.56 bits per heavy atom. The molecule has 0 radical (unpaired) electrons. The Balaban J connectivity index is 1.59. The molecule has 6 heteroatoms. The highest BCUT2D eigenvalue weighted by Crippen LogP contribution is 2.68. The summed E-state index contributed by atoms with van der Waals surface area (Å²) in [5.41, 5.74) is 0.363. The van der Waals surface area contributed by atoms with Gasteiger partial charge in [-0.1, -0.05) is 20.8 Å². The number of ether oxygens (including phenoxy) is 2. The topological polar surface area (TPSA) is 89.9 Å². The molecule has 4 aliphatic rings. The molecule has 0 amide bonds. The number of esters is 2. The van der Waals surface area contributed by atoms with Crippen molar-refractivity contribution in [1.29, 1.82) is 0 Å². The SMILES string of the molecule is CC(=O)O[C@@H]1CC[C@@]2(C)C(C1)C[C@@H](OC(C)=O)[C@H]1[C@@H]3CC[C@H]([C@H](C)CCC(=O)O)[C@@]3(C)CC[C@@H]12. The number of carbonyl (C=O) groups is 3. The minimum atomic E-state index is -0.708. The molecule has 192 valence electrons. The van der Waals surface area contributed by atoms with E-state index in [9.17, 15) is 19.5 Å². The summed E-state index contributed by atoms with van der Waals surface area (Å²) in [6.45, 7) is 10.2. The van der Waals surface area contributed by atoms with E-state index in [1.54, 1.807) is 0 Å². The van der Waals surface area contributed by atoms with Crippen LogP contribution in [0.1, 0.15) is 98.8 Å². The highest BCUT2D eigenvalue weighted by molar-refractivity contribution is 5.67. The van der Waals surface area contributed by atoms with Gasteiger partial charge in [-0.2, -0.15) is 0 Å². The predicted octanol–water partition coefficient (Wildman–Crippen LogP) is 5.62. The molecular weight excluding hydrogens is 432 g/mol. The highest BCUT2D eigenvalue weighted by Gasteiger charge is 2.63. The molecule has 4 aliphatic carbocycles. The number of carbonyl (C=O) groups excluding carboxylic acids is 2. The van der Waals surface area contributed by atoms with Crippen LogP contribution in [-0.2, 0) is 23.9 Å². The number of hydrogen-bond donors (Lipinski definition) is 1. The maximum atomic E-state index is 12.2. The van der Waals surface area contributed by atoms with E-state index < -0.39 is 5.97 Å². The first kappa shape index (κ1) is 25.5. The third-order valence-corrected chi connectivity index (χ3v) is 10.8. The lowest BCUT2D eigenvalue weighted by molar-refractivity contribution is -0.197. The molecular formula is C28H44O6. The molecule has 0 saturated heterocycles. The van der Waals surface area contributed by atoms with Crippen molar-refractivity contribution in [2.45, 2.75) is 111 Å². The molecule has 4 rings (SSSR count). The van der Waals surface area contributed by atoms with Gasteiger partial charge in [-0.05, 0) is 98.2 Å². The number of rotatable bonds is 6. The monoisotopic (exact) mass is 476 g/mol. The Hall–Kier alpha value is -1.59. The van der Waals surface area contributed by atoms with Gasteiger partial charge in [0.1, 0.15) is 12.2 Å². The summed E-state index contributed by atoms with van der Waals surface area (Å²) in [6.07, 6.45) is 9.20. The van der Waals surface area contributed by atoms with Gasteiger partial charge in [-0.25, -0.2) is 0 Å². The van der Waals surface area contributed by atoms with Crippen LogP contribution in [-0.4, -0.2) is 35.2 Å². The molecule has 0 heterocycles. The van der Waals surface area contributed by atoms with Crippen molar-refractivity contribution in [3.05, 3.63) is 0 Å². The summed E-state index contributed by atoms with van der Waals surface area (Å²) in [7, 11) is 0. The Labute approximate surface area is 204 Å². The molecule has 0 bridgehead atoms. The van der Waals surface area contributed by atoms with E-state index >= 15 is 0 Å². The van der Waals surface area contributed by atoms with Crippen LogP contribution < -0.4 is 0 Å². The first-order valence-corrected chi connectivity index (χ1v) is 13.5. The van der Waals surface area contributed by atoms with Gasteiger partial charge in [0.25, 0.3) is 0 Å². The highest BCUT2D eigenvalue weighted by atomic mass is 16.5. The van der Waals surface area contributed by atoms with Crippen molar-refractivity contribution in [2.24, 2.45) is 46.3 Å². The molecule has 4 saturated carbocycles. The van der Waals surface area contributed by atoms with E-state index in [0.717, 1.165) is 51.4 Å². The number of carboxylic acids is 1. The average Bonchev–Trinajstić information content (AvgIpc) is 3.09. The fourth-order valence-corrected chi connectivity index (χ4v) is 9.36. The van der Waals surface area contributed by atoms with E-state index in [2.05, 4.69) is 20.8 Å². The van der Waals surface area contributed by atoms with Crippen LogP contribution in [0, 0.1) is 46.3 Å². The maximum Gasteiger partial charge on any atom is 0.303 e. The van der Waals surface area contributed by atoms with Crippen LogP contribution >= 0.6 is 0 Å². The van der Waals surface area contributed by atoms with Gasteiger partial charge in [0.05, 0.1) is 0 Å². The van der Waals surface area contributed by atoms with E-state index in [1.807, 2.05) is 0 Å². The van der Waals surface area contributed by atoms with Crippen LogP contribution in [0.5, 0.6) is 0 Å². The summed E-state index contributed by atoms with van der Waals surface area (Å²) < 4.78 is 11.7. The van der Waals surface area contributed by atoms with E-state index in [-0.39, 0.29) is 41.4 Å². The Bertz CT molecular complexity index is 809. The minimum absolute atomic E-state index is 0.0232. The summed E-state index contributed by atoms with van der Waals surface area (Å²) in [6, 6.07) is 0. The first-order chi connectivity index (χ1) is 16.0. The number of fused-ring (bicyclic) bond motifs is 5. The average molecular weight is 477 g/mol. The number of hydrogen-bond acceptors (Lipinski definition) is 5. The van der Waals surface area contributed by atoms with Gasteiger partial charge in [0, 0.05) is 26.2 Å². The van der Waals surface area contributed by atoms with Crippen molar-refractivity contribution in [1.82, 2.24) is 0 Å². The second-order valence-electron chi connectivity index (χ2n) is 12.5. The zero-order valence-electron chi connectivity index (χ0n) is 21.7. The van der Waals surface area contributed by atoms with E-state index in [0.29, 0.717) is 35.5 Å². The second kappa shape index (κ2) is 9.46. The standard InChI is InChI=1S/C28H44O6/c1-16(6-9-25(31)32)21-7-8-22-26-23(11-13-28(21,22)5)27(4)12-10-20(33-17(2)29)14-19(27)15-24(26)34-18(3)30/h16,19-24,26H,6-15H2,1-5H3,(H,31,32)/t16-,19?,20-,21-,22+,23+,24-,26+,27+,28-/m1/s1. The first-order valence-electron chi connectivity index (χ1n) is 13.5. The fourth-order valence-electron chi connectivity index (χ4n) is 9.36. The van der Waals surface area contributed by atoms with Crippen LogP contribution in [0.15, 0.2) is 0 Å². The quantitative estimate of drug-likeness (QED) is 0.501. The molecule has 6 nitrogen and oxygen atoms in total. The molecule has 0 aromatic rings. The van der Waals surface area contributed by atoms with Crippen molar-refractivity contribution in [2.75, 3.05) is 0 Å². The number of aliphatic carboxylic acids is 1. The van der Waals surface area contributed by atoms with Crippen LogP contribution in [0.25, 0.3) is 0 Å². The Morgan fingerprint density at radius 3 is 2.21 bits per heavy atom. The zero-order valence-corrected chi connectivity index (χ0v) is 21.7. The van der Waals surface area contributed by atoms with Crippen molar-refractivity contribution in [3.63, 3.8) is 0 Å². The molecule has 0 aliphatic heterocycles. The smallest absolute Gasteiger partial charge is 0.303 e. The number of carboxylic acid groups (broad SMARTS) is 1. The van der Waals surface area contributed by atoms with E-state index in [4.69, 9.17) is 9.47 Å². The third kappa shape index (κ3) is 4.51. The third-order valence-electron chi connectivity index (χ3n) is 10.8. The van der Waals surface area contributed by atoms with Gasteiger partial charge in [0.15, 0.2) is 0 Å². The zero-order chi connectivity index (χ0) is 24.8. The molecule has 1 N–H and O–H groups in total. The fraction of sp³-hybridized carbons (Fsp3) is 0.893. The van der Waals surface area contributed by atoms with Gasteiger partial charge < -0.3 is 14.6 Å². The predicted molar refractivity (Wildman–Crippen MR) is 128 cm³/mol. The summed E-state index contributed by atoms with van der Waals surface area (Å²) in [5, 5.41) is 9.20. The Kier molecular flexibility index (Phi) is 7.10. The lowest BCUT2D eigenvalue weighted by Gasteiger charge is -2.62. The van der Waals surface area contributed by atoms with Crippen molar-refractivity contribution >= 4 is 17.9 Å². The maximum absolute atomic E-state index is 12.2. The largest absolute Gasteiger partial charge is 0.481 e. The lowest BCUT2D eigenvalue weighted by atomic mass is 9.43. The Morgan fingerprint density at radius 1 is 0.912 bits per heavy atom. The molecule has 0 aromatic heterocycles. The van der Waals surface area contributed by atoms with Crippen molar-refractivity contribution < 1.29 is 29.0 Å². The van der Waals surface area contributed by atoms with E-state index in [1.165, 1.54) is 20.3 Å². The van der Waals surface area contributed by atoms with Gasteiger partial charge in [0.2, 0.25) is 0 Å². The molecule has 34 heavy (non-hydrogen) atoms. The molecule has 1 unspecified atom stereocenters. The van der Waals surface area contributed by atoms with Crippen LogP contribution in [0.3, 0.4) is 0 Å². The van der Waals surface area contributed by atoms with Crippen molar-refractivity contribution in [3.8, 4) is 0 Å². The molecule has 4 fully saturated rings. The molecule has 0 spiro atoms. The van der Waals surface area contributed by atoms with Gasteiger partial charge in [-0.15, -0.1) is 0 Å². The molecule has 0 aromatic carbocycles. The minimum Gasteiger partial charge on any atom is -0.481 e. The summed E-state index contributed by atoms with van der Waals surface area (Å²) >= 11 is 0. The summed E-state index contributed by atoms with van der Waals surface area (Å²) in [4.78, 5) is 35.0. The normalized spacial score (nSPS) is 44.2.